The number of carboxylic acid groups (broad SMARTS) is 1. The molecule has 1 N–H and O–H groups in total. The molecule has 76 valence electrons. The van der Waals surface area contributed by atoms with Gasteiger partial charge in [0.15, 0.2) is 5.69 Å². The molecule has 0 spiro atoms. The van der Waals surface area contributed by atoms with Gasteiger partial charge in [-0.05, 0) is 0 Å². The number of aromatic carboxylic acids is 1. The highest BCUT2D eigenvalue weighted by Crippen LogP contribution is 2.18. The second-order valence-corrected chi connectivity index (χ2v) is 3.01. The Morgan fingerprint density at radius 1 is 1.47 bits per heavy atom. The van der Waals surface area contributed by atoms with Gasteiger partial charge in [-0.1, -0.05) is 0 Å². The first-order valence-corrected chi connectivity index (χ1v) is 4.20. The average Bonchev–Trinajstić information content (AvgIpc) is 2.65. The van der Waals surface area contributed by atoms with Gasteiger partial charge in [0.05, 0.1) is 17.6 Å². The number of rotatable bonds is 2. The molecule has 0 aliphatic heterocycles. The predicted octanol–water partition coefficient (Wildman–Crippen LogP) is 0.575. The molecule has 0 aliphatic carbocycles. The number of aromatic nitrogens is 4. The third kappa shape index (κ3) is 1.69. The Morgan fingerprint density at radius 2 is 2.27 bits per heavy atom. The van der Waals surface area contributed by atoms with Gasteiger partial charge in [-0.2, -0.15) is 0 Å². The van der Waals surface area contributed by atoms with Crippen molar-refractivity contribution in [3.63, 3.8) is 0 Å². The van der Waals surface area contributed by atoms with Crippen LogP contribution >= 0.6 is 0 Å². The molecule has 2 heterocycles. The maximum absolute atomic E-state index is 10.9. The van der Waals surface area contributed by atoms with Gasteiger partial charge in [-0.3, -0.25) is 0 Å². The molecule has 0 atom stereocenters. The number of imidazole rings is 1. The van der Waals surface area contributed by atoms with E-state index in [1.54, 1.807) is 24.1 Å². The molecular weight excluding hydrogens is 196 g/mol. The summed E-state index contributed by atoms with van der Waals surface area (Å²) in [7, 11) is 1.81. The molecule has 0 amide bonds. The summed E-state index contributed by atoms with van der Waals surface area (Å²) in [5, 5.41) is 8.91. The van der Waals surface area contributed by atoms with Crippen LogP contribution in [0.2, 0.25) is 0 Å². The molecule has 15 heavy (non-hydrogen) atoms. The van der Waals surface area contributed by atoms with Crippen molar-refractivity contribution in [2.75, 3.05) is 0 Å². The van der Waals surface area contributed by atoms with E-state index < -0.39 is 5.97 Å². The first-order chi connectivity index (χ1) is 7.18. The average molecular weight is 204 g/mol. The minimum absolute atomic E-state index is 0.0382. The number of carbonyl (C=O) groups is 1. The normalized spacial score (nSPS) is 10.2. The van der Waals surface area contributed by atoms with Gasteiger partial charge in [0.2, 0.25) is 0 Å². The zero-order valence-corrected chi connectivity index (χ0v) is 7.95. The van der Waals surface area contributed by atoms with Gasteiger partial charge in [-0.15, -0.1) is 0 Å². The number of hydrogen-bond acceptors (Lipinski definition) is 4. The minimum atomic E-state index is -1.09. The molecular formula is C9H8N4O2. The molecule has 6 nitrogen and oxygen atoms in total. The Balaban J connectivity index is 2.57. The van der Waals surface area contributed by atoms with E-state index in [0.717, 1.165) is 0 Å². The first kappa shape index (κ1) is 9.32. The van der Waals surface area contributed by atoms with Crippen LogP contribution in [0.5, 0.6) is 0 Å². The lowest BCUT2D eigenvalue weighted by Gasteiger charge is -1.99. The van der Waals surface area contributed by atoms with Gasteiger partial charge in [0.25, 0.3) is 0 Å². The molecule has 0 saturated carbocycles. The highest BCUT2D eigenvalue weighted by atomic mass is 16.4. The highest BCUT2D eigenvalue weighted by molar-refractivity contribution is 5.92. The summed E-state index contributed by atoms with van der Waals surface area (Å²) in [5.74, 6) is -1.09. The largest absolute Gasteiger partial charge is 0.476 e. The molecule has 0 unspecified atom stereocenters. The van der Waals surface area contributed by atoms with Crippen molar-refractivity contribution in [3.8, 4) is 11.3 Å². The van der Waals surface area contributed by atoms with Crippen LogP contribution < -0.4 is 0 Å². The topological polar surface area (TPSA) is 80.9 Å². The Labute approximate surface area is 85.3 Å². The summed E-state index contributed by atoms with van der Waals surface area (Å²) in [4.78, 5) is 22.4. The van der Waals surface area contributed by atoms with Gasteiger partial charge in [0.1, 0.15) is 6.33 Å². The molecule has 0 fully saturated rings. The molecule has 6 heteroatoms. The third-order valence-electron chi connectivity index (χ3n) is 1.90. The fourth-order valence-corrected chi connectivity index (χ4v) is 1.24. The summed E-state index contributed by atoms with van der Waals surface area (Å²) >= 11 is 0. The van der Waals surface area contributed by atoms with Crippen LogP contribution in [0, 0.1) is 0 Å². The van der Waals surface area contributed by atoms with E-state index in [0.29, 0.717) is 11.3 Å². The van der Waals surface area contributed by atoms with Gasteiger partial charge in [-0.25, -0.2) is 19.7 Å². The van der Waals surface area contributed by atoms with E-state index in [9.17, 15) is 4.79 Å². The lowest BCUT2D eigenvalue weighted by molar-refractivity contribution is 0.0691. The van der Waals surface area contributed by atoms with Crippen molar-refractivity contribution in [1.29, 1.82) is 0 Å². The quantitative estimate of drug-likeness (QED) is 0.773. The maximum atomic E-state index is 10.9. The maximum Gasteiger partial charge on any atom is 0.355 e. The van der Waals surface area contributed by atoms with Crippen LogP contribution in [0.4, 0.5) is 0 Å². The summed E-state index contributed by atoms with van der Waals surface area (Å²) in [6, 6.07) is 0. The minimum Gasteiger partial charge on any atom is -0.476 e. The Kier molecular flexibility index (Phi) is 2.17. The summed E-state index contributed by atoms with van der Waals surface area (Å²) < 4.78 is 1.73. The SMILES string of the molecule is Cn1cnc(-c2cncnc2C(=O)O)c1. The molecule has 2 aromatic rings. The smallest absolute Gasteiger partial charge is 0.355 e. The zero-order valence-electron chi connectivity index (χ0n) is 7.95. The monoisotopic (exact) mass is 204 g/mol. The summed E-state index contributed by atoms with van der Waals surface area (Å²) in [5.41, 5.74) is 0.935. The fraction of sp³-hybridized carbons (Fsp3) is 0.111. The molecule has 0 aliphatic rings. The standard InChI is InChI=1S/C9H8N4O2/c1-13-3-7(12-5-13)6-2-10-4-11-8(6)9(14)15/h2-5H,1H3,(H,14,15). The molecule has 2 rings (SSSR count). The van der Waals surface area contributed by atoms with Gasteiger partial charge in [0, 0.05) is 19.4 Å². The second kappa shape index (κ2) is 3.49. The van der Waals surface area contributed by atoms with Gasteiger partial charge >= 0.3 is 5.97 Å². The van der Waals surface area contributed by atoms with E-state index in [4.69, 9.17) is 5.11 Å². The van der Waals surface area contributed by atoms with Crippen molar-refractivity contribution in [2.24, 2.45) is 7.05 Å². The van der Waals surface area contributed by atoms with Crippen LogP contribution in [-0.2, 0) is 7.05 Å². The van der Waals surface area contributed by atoms with E-state index in [1.807, 2.05) is 0 Å². The Bertz CT molecular complexity index is 506. The molecule has 0 saturated heterocycles. The van der Waals surface area contributed by atoms with E-state index in [1.165, 1.54) is 12.5 Å². The predicted molar refractivity (Wildman–Crippen MR) is 51.2 cm³/mol. The van der Waals surface area contributed by atoms with Crippen LogP contribution in [0.3, 0.4) is 0 Å². The molecule has 2 aromatic heterocycles. The van der Waals surface area contributed by atoms with Crippen LogP contribution in [0.25, 0.3) is 11.3 Å². The second-order valence-electron chi connectivity index (χ2n) is 3.01. The van der Waals surface area contributed by atoms with E-state index in [2.05, 4.69) is 15.0 Å². The van der Waals surface area contributed by atoms with Crippen LogP contribution in [0.1, 0.15) is 10.5 Å². The third-order valence-corrected chi connectivity index (χ3v) is 1.90. The molecule has 0 radical (unpaired) electrons. The lowest BCUT2D eigenvalue weighted by atomic mass is 10.2. The van der Waals surface area contributed by atoms with Crippen molar-refractivity contribution in [3.05, 3.63) is 30.7 Å². The Morgan fingerprint density at radius 3 is 2.87 bits per heavy atom. The van der Waals surface area contributed by atoms with E-state index in [-0.39, 0.29) is 5.69 Å². The Hall–Kier alpha value is -2.24. The van der Waals surface area contributed by atoms with Gasteiger partial charge < -0.3 is 9.67 Å². The van der Waals surface area contributed by atoms with Crippen molar-refractivity contribution in [1.82, 2.24) is 19.5 Å². The van der Waals surface area contributed by atoms with Crippen molar-refractivity contribution >= 4 is 5.97 Å². The highest BCUT2D eigenvalue weighted by Gasteiger charge is 2.14. The zero-order chi connectivity index (χ0) is 10.8. The fourth-order valence-electron chi connectivity index (χ4n) is 1.24. The van der Waals surface area contributed by atoms with Crippen LogP contribution in [0.15, 0.2) is 25.0 Å². The number of carboxylic acids is 1. The van der Waals surface area contributed by atoms with Crippen molar-refractivity contribution in [2.45, 2.75) is 0 Å². The van der Waals surface area contributed by atoms with Crippen molar-refractivity contribution < 1.29 is 9.90 Å². The summed E-state index contributed by atoms with van der Waals surface area (Å²) in [6.45, 7) is 0. The number of aryl methyl sites for hydroxylation is 1. The number of hydrogen-bond donors (Lipinski definition) is 1. The first-order valence-electron chi connectivity index (χ1n) is 4.20. The lowest BCUT2D eigenvalue weighted by Crippen LogP contribution is -2.03. The van der Waals surface area contributed by atoms with Crippen LogP contribution in [-0.4, -0.2) is 30.6 Å². The molecule has 0 aromatic carbocycles. The van der Waals surface area contributed by atoms with E-state index >= 15 is 0 Å². The summed E-state index contributed by atoms with van der Waals surface area (Å²) in [6.07, 6.45) is 5.95. The number of nitrogens with zero attached hydrogens (tertiary/aromatic N) is 4. The molecule has 0 bridgehead atoms.